The molecule has 0 spiro atoms. The molecule has 0 aromatic heterocycles. The molecule has 0 aliphatic heterocycles. The fraction of sp³-hybridized carbons (Fsp3) is 0.929. The van der Waals surface area contributed by atoms with E-state index < -0.39 is 0 Å². The van der Waals surface area contributed by atoms with Crippen LogP contribution in [0.5, 0.6) is 0 Å². The van der Waals surface area contributed by atoms with Crippen molar-refractivity contribution in [3.63, 3.8) is 0 Å². The van der Waals surface area contributed by atoms with Crippen molar-refractivity contribution >= 4 is 5.78 Å². The van der Waals surface area contributed by atoms with Crippen LogP contribution in [-0.2, 0) is 4.79 Å². The summed E-state index contributed by atoms with van der Waals surface area (Å²) in [5.41, 5.74) is 0. The van der Waals surface area contributed by atoms with E-state index in [4.69, 9.17) is 0 Å². The highest BCUT2D eigenvalue weighted by Crippen LogP contribution is 2.35. The van der Waals surface area contributed by atoms with Crippen molar-refractivity contribution in [2.24, 2.45) is 17.8 Å². The summed E-state index contributed by atoms with van der Waals surface area (Å²) in [5.74, 6) is 3.16. The highest BCUT2D eigenvalue weighted by atomic mass is 16.1. The Labute approximate surface area is 93.6 Å². The van der Waals surface area contributed by atoms with Gasteiger partial charge in [0.25, 0.3) is 0 Å². The molecule has 1 nitrogen and oxygen atoms in total. The molecule has 0 heterocycles. The molecule has 0 amide bonds. The summed E-state index contributed by atoms with van der Waals surface area (Å²) < 4.78 is 0. The normalized spacial score (nSPS) is 37.9. The van der Waals surface area contributed by atoms with Gasteiger partial charge in [-0.3, -0.25) is 4.79 Å². The summed E-state index contributed by atoms with van der Waals surface area (Å²) in [6.45, 7) is 2.38. The first-order valence-electron chi connectivity index (χ1n) is 6.75. The van der Waals surface area contributed by atoms with Gasteiger partial charge in [0.05, 0.1) is 0 Å². The van der Waals surface area contributed by atoms with Crippen molar-refractivity contribution in [3.8, 4) is 0 Å². The lowest BCUT2D eigenvalue weighted by atomic mass is 9.75. The van der Waals surface area contributed by atoms with Crippen molar-refractivity contribution in [1.29, 1.82) is 0 Å². The zero-order valence-corrected chi connectivity index (χ0v) is 10.0. The Kier molecular flexibility index (Phi) is 3.82. The number of Topliss-reactive ketones (excluding diaryl/α,β-unsaturated/α-hetero) is 1. The summed E-state index contributed by atoms with van der Waals surface area (Å²) in [6.07, 6.45) is 11.3. The molecule has 0 aromatic rings. The molecule has 2 saturated carbocycles. The lowest BCUT2D eigenvalue weighted by Gasteiger charge is -2.30. The van der Waals surface area contributed by atoms with Crippen molar-refractivity contribution in [2.45, 2.75) is 64.7 Å². The van der Waals surface area contributed by atoms with Crippen molar-refractivity contribution in [1.82, 2.24) is 0 Å². The smallest absolute Gasteiger partial charge is 0.133 e. The highest BCUT2D eigenvalue weighted by Gasteiger charge is 2.25. The average Bonchev–Trinajstić information content (AvgIpc) is 2.22. The van der Waals surface area contributed by atoms with Crippen LogP contribution >= 0.6 is 0 Å². The average molecular weight is 208 g/mol. The van der Waals surface area contributed by atoms with Gasteiger partial charge in [0, 0.05) is 12.8 Å². The number of hydrogen-bond donors (Lipinski definition) is 0. The van der Waals surface area contributed by atoms with Crippen LogP contribution in [0.25, 0.3) is 0 Å². The second-order valence-corrected chi connectivity index (χ2v) is 5.86. The van der Waals surface area contributed by atoms with Crippen LogP contribution < -0.4 is 0 Å². The molecule has 0 N–H and O–H groups in total. The SMILES string of the molecule is CC1CCC(CC2CCCC(=O)C2)CC1. The molecule has 0 aromatic carbocycles. The van der Waals surface area contributed by atoms with E-state index in [1.807, 2.05) is 0 Å². The van der Waals surface area contributed by atoms with Gasteiger partial charge in [0.2, 0.25) is 0 Å². The number of rotatable bonds is 2. The van der Waals surface area contributed by atoms with Crippen molar-refractivity contribution < 1.29 is 4.79 Å². The maximum absolute atomic E-state index is 11.4. The summed E-state index contributed by atoms with van der Waals surface area (Å²) in [5, 5.41) is 0. The summed E-state index contributed by atoms with van der Waals surface area (Å²) in [6, 6.07) is 0. The zero-order valence-electron chi connectivity index (χ0n) is 10.0. The van der Waals surface area contributed by atoms with Gasteiger partial charge in [0.1, 0.15) is 5.78 Å². The summed E-state index contributed by atoms with van der Waals surface area (Å²) >= 11 is 0. The van der Waals surface area contributed by atoms with Crippen LogP contribution in [0.15, 0.2) is 0 Å². The van der Waals surface area contributed by atoms with Gasteiger partial charge in [-0.05, 0) is 37.0 Å². The standard InChI is InChI=1S/C14H24O/c1-11-5-7-12(8-6-11)9-13-3-2-4-14(15)10-13/h11-13H,2-10H2,1H3. The van der Waals surface area contributed by atoms with E-state index in [0.717, 1.165) is 37.0 Å². The molecule has 2 aliphatic carbocycles. The molecular weight excluding hydrogens is 184 g/mol. The molecule has 2 rings (SSSR count). The fourth-order valence-corrected chi connectivity index (χ4v) is 3.35. The monoisotopic (exact) mass is 208 g/mol. The van der Waals surface area contributed by atoms with Gasteiger partial charge in [-0.1, -0.05) is 32.6 Å². The Hall–Kier alpha value is -0.330. The fourth-order valence-electron chi connectivity index (χ4n) is 3.35. The molecule has 1 heteroatoms. The molecule has 1 unspecified atom stereocenters. The first-order valence-corrected chi connectivity index (χ1v) is 6.75. The van der Waals surface area contributed by atoms with Crippen molar-refractivity contribution in [2.75, 3.05) is 0 Å². The van der Waals surface area contributed by atoms with Crippen LogP contribution in [-0.4, -0.2) is 5.78 Å². The van der Waals surface area contributed by atoms with Crippen LogP contribution in [0, 0.1) is 17.8 Å². The summed E-state index contributed by atoms with van der Waals surface area (Å²) in [7, 11) is 0. The van der Waals surface area contributed by atoms with Crippen LogP contribution in [0.3, 0.4) is 0 Å². The van der Waals surface area contributed by atoms with E-state index in [2.05, 4.69) is 6.92 Å². The molecule has 1 atom stereocenters. The van der Waals surface area contributed by atoms with Crippen molar-refractivity contribution in [3.05, 3.63) is 0 Å². The van der Waals surface area contributed by atoms with Gasteiger partial charge >= 0.3 is 0 Å². The molecule has 15 heavy (non-hydrogen) atoms. The van der Waals surface area contributed by atoms with Gasteiger partial charge in [0.15, 0.2) is 0 Å². The van der Waals surface area contributed by atoms with E-state index in [1.54, 1.807) is 0 Å². The molecule has 0 saturated heterocycles. The Morgan fingerprint density at radius 3 is 2.47 bits per heavy atom. The number of carbonyl (C=O) groups excluding carboxylic acids is 1. The number of carbonyl (C=O) groups is 1. The van der Waals surface area contributed by atoms with Gasteiger partial charge < -0.3 is 0 Å². The molecule has 0 radical (unpaired) electrons. The Balaban J connectivity index is 1.74. The van der Waals surface area contributed by atoms with E-state index >= 15 is 0 Å². The minimum absolute atomic E-state index is 0.524. The Morgan fingerprint density at radius 2 is 1.80 bits per heavy atom. The van der Waals surface area contributed by atoms with Crippen LogP contribution in [0.2, 0.25) is 0 Å². The largest absolute Gasteiger partial charge is 0.300 e. The Bertz CT molecular complexity index is 213. The third-order valence-electron chi connectivity index (χ3n) is 4.39. The zero-order chi connectivity index (χ0) is 10.7. The minimum Gasteiger partial charge on any atom is -0.300 e. The first-order chi connectivity index (χ1) is 7.24. The first kappa shape index (κ1) is 11.2. The van der Waals surface area contributed by atoms with E-state index in [-0.39, 0.29) is 0 Å². The number of hydrogen-bond acceptors (Lipinski definition) is 1. The molecule has 0 bridgehead atoms. The molecule has 86 valence electrons. The molecule has 2 aliphatic rings. The van der Waals surface area contributed by atoms with Crippen LogP contribution in [0.4, 0.5) is 0 Å². The predicted octanol–water partition coefficient (Wildman–Crippen LogP) is 3.96. The quantitative estimate of drug-likeness (QED) is 0.671. The van der Waals surface area contributed by atoms with Gasteiger partial charge in [-0.2, -0.15) is 0 Å². The Morgan fingerprint density at radius 1 is 1.07 bits per heavy atom. The van der Waals surface area contributed by atoms with E-state index in [1.165, 1.54) is 38.5 Å². The van der Waals surface area contributed by atoms with Gasteiger partial charge in [-0.15, -0.1) is 0 Å². The maximum atomic E-state index is 11.4. The second-order valence-electron chi connectivity index (χ2n) is 5.86. The van der Waals surface area contributed by atoms with Gasteiger partial charge in [-0.25, -0.2) is 0 Å². The molecule has 2 fully saturated rings. The van der Waals surface area contributed by atoms with E-state index in [0.29, 0.717) is 5.78 Å². The minimum atomic E-state index is 0.524. The number of ketones is 1. The predicted molar refractivity (Wildman–Crippen MR) is 62.7 cm³/mol. The second kappa shape index (κ2) is 5.14. The summed E-state index contributed by atoms with van der Waals surface area (Å²) in [4.78, 5) is 11.4. The van der Waals surface area contributed by atoms with Crippen LogP contribution in [0.1, 0.15) is 64.7 Å². The maximum Gasteiger partial charge on any atom is 0.133 e. The highest BCUT2D eigenvalue weighted by molar-refractivity contribution is 5.79. The third-order valence-corrected chi connectivity index (χ3v) is 4.39. The lowest BCUT2D eigenvalue weighted by Crippen LogP contribution is -2.20. The molecular formula is C14H24O. The lowest BCUT2D eigenvalue weighted by molar-refractivity contribution is -0.121. The third kappa shape index (κ3) is 3.32. The topological polar surface area (TPSA) is 17.1 Å². The van der Waals surface area contributed by atoms with E-state index in [9.17, 15) is 4.79 Å².